The van der Waals surface area contributed by atoms with Crippen molar-refractivity contribution in [2.45, 2.75) is 31.6 Å². The highest BCUT2D eigenvalue weighted by Gasteiger charge is 2.20. The molecule has 1 aliphatic rings. The fourth-order valence-corrected chi connectivity index (χ4v) is 2.25. The topological polar surface area (TPSA) is 26.3 Å². The van der Waals surface area contributed by atoms with Gasteiger partial charge in [0.2, 0.25) is 0 Å². The summed E-state index contributed by atoms with van der Waals surface area (Å²) < 4.78 is 5.13. The largest absolute Gasteiger partial charge is 0.497 e. The molecule has 1 unspecified atom stereocenters. The lowest BCUT2D eigenvalue weighted by molar-refractivity contribution is -0.120. The normalized spacial score (nSPS) is 20.8. The summed E-state index contributed by atoms with van der Waals surface area (Å²) in [6.45, 7) is 0. The van der Waals surface area contributed by atoms with Crippen LogP contribution < -0.4 is 4.74 Å². The molecule has 0 aliphatic heterocycles. The zero-order valence-electron chi connectivity index (χ0n) is 10.2. The molecule has 0 N–H and O–H groups in total. The van der Waals surface area contributed by atoms with E-state index in [1.165, 1.54) is 0 Å². The minimum atomic E-state index is 0.0610. The van der Waals surface area contributed by atoms with E-state index in [1.54, 1.807) is 7.11 Å². The number of allylic oxidation sites excluding steroid dienone is 2. The van der Waals surface area contributed by atoms with Gasteiger partial charge in [0.25, 0.3) is 0 Å². The molecule has 2 nitrogen and oxygen atoms in total. The van der Waals surface area contributed by atoms with Crippen molar-refractivity contribution in [1.29, 1.82) is 0 Å². The minimum absolute atomic E-state index is 0.0610. The SMILES string of the molecule is COc1ccc(C2CCC=CCCC2=O)cc1. The molecular formula is C15H18O2. The second-order valence-electron chi connectivity index (χ2n) is 4.38. The lowest BCUT2D eigenvalue weighted by atomic mass is 9.87. The van der Waals surface area contributed by atoms with Gasteiger partial charge in [-0.25, -0.2) is 0 Å². The van der Waals surface area contributed by atoms with Crippen molar-refractivity contribution >= 4 is 5.78 Å². The molecule has 1 atom stereocenters. The lowest BCUT2D eigenvalue weighted by Crippen LogP contribution is -2.13. The Morgan fingerprint density at radius 2 is 1.82 bits per heavy atom. The van der Waals surface area contributed by atoms with Gasteiger partial charge < -0.3 is 4.74 Å². The molecule has 1 aliphatic carbocycles. The summed E-state index contributed by atoms with van der Waals surface area (Å²) in [7, 11) is 1.65. The highest BCUT2D eigenvalue weighted by molar-refractivity contribution is 5.86. The molecular weight excluding hydrogens is 212 g/mol. The van der Waals surface area contributed by atoms with E-state index in [0.29, 0.717) is 12.2 Å². The van der Waals surface area contributed by atoms with E-state index in [2.05, 4.69) is 12.2 Å². The number of hydrogen-bond donors (Lipinski definition) is 0. The van der Waals surface area contributed by atoms with Crippen molar-refractivity contribution in [1.82, 2.24) is 0 Å². The number of ether oxygens (including phenoxy) is 1. The molecule has 0 amide bonds. The Labute approximate surface area is 102 Å². The van der Waals surface area contributed by atoms with Gasteiger partial charge in [0.15, 0.2) is 0 Å². The van der Waals surface area contributed by atoms with Crippen molar-refractivity contribution in [3.63, 3.8) is 0 Å². The molecule has 0 aromatic heterocycles. The number of ketones is 1. The van der Waals surface area contributed by atoms with Crippen molar-refractivity contribution in [2.75, 3.05) is 7.11 Å². The molecule has 1 aromatic rings. The van der Waals surface area contributed by atoms with Gasteiger partial charge in [-0.05, 0) is 37.0 Å². The van der Waals surface area contributed by atoms with Gasteiger partial charge in [0.05, 0.1) is 7.11 Å². The fraction of sp³-hybridized carbons (Fsp3) is 0.400. The predicted molar refractivity (Wildman–Crippen MR) is 68.4 cm³/mol. The highest BCUT2D eigenvalue weighted by atomic mass is 16.5. The van der Waals surface area contributed by atoms with E-state index >= 15 is 0 Å². The van der Waals surface area contributed by atoms with Crippen LogP contribution in [0.2, 0.25) is 0 Å². The summed E-state index contributed by atoms with van der Waals surface area (Å²) >= 11 is 0. The van der Waals surface area contributed by atoms with Crippen LogP contribution in [-0.2, 0) is 4.79 Å². The quantitative estimate of drug-likeness (QED) is 0.727. The van der Waals surface area contributed by atoms with E-state index in [4.69, 9.17) is 4.74 Å². The maximum absolute atomic E-state index is 12.1. The van der Waals surface area contributed by atoms with E-state index in [9.17, 15) is 4.79 Å². The highest BCUT2D eigenvalue weighted by Crippen LogP contribution is 2.27. The first-order valence-corrected chi connectivity index (χ1v) is 6.13. The van der Waals surface area contributed by atoms with Gasteiger partial charge in [-0.15, -0.1) is 0 Å². The monoisotopic (exact) mass is 230 g/mol. The number of carbonyl (C=O) groups is 1. The van der Waals surface area contributed by atoms with E-state index in [-0.39, 0.29) is 5.92 Å². The first kappa shape index (κ1) is 11.9. The number of carbonyl (C=O) groups excluding carboxylic acids is 1. The molecule has 0 radical (unpaired) electrons. The van der Waals surface area contributed by atoms with Gasteiger partial charge in [0.1, 0.15) is 11.5 Å². The maximum Gasteiger partial charge on any atom is 0.140 e. The first-order chi connectivity index (χ1) is 8.31. The van der Waals surface area contributed by atoms with Crippen LogP contribution in [0.3, 0.4) is 0 Å². The number of hydrogen-bond acceptors (Lipinski definition) is 2. The zero-order valence-corrected chi connectivity index (χ0v) is 10.2. The van der Waals surface area contributed by atoms with Gasteiger partial charge >= 0.3 is 0 Å². The smallest absolute Gasteiger partial charge is 0.140 e. The Morgan fingerprint density at radius 3 is 2.53 bits per heavy atom. The molecule has 0 spiro atoms. The molecule has 0 saturated carbocycles. The average Bonchev–Trinajstić information content (AvgIpc) is 2.35. The van der Waals surface area contributed by atoms with E-state index < -0.39 is 0 Å². The molecule has 1 aromatic carbocycles. The third-order valence-electron chi connectivity index (χ3n) is 3.25. The second-order valence-corrected chi connectivity index (χ2v) is 4.38. The van der Waals surface area contributed by atoms with Gasteiger partial charge in [-0.3, -0.25) is 4.79 Å². The van der Waals surface area contributed by atoms with E-state index in [1.807, 2.05) is 24.3 Å². The Morgan fingerprint density at radius 1 is 1.12 bits per heavy atom. The van der Waals surface area contributed by atoms with Crippen LogP contribution in [0.4, 0.5) is 0 Å². The van der Waals surface area contributed by atoms with Crippen molar-refractivity contribution < 1.29 is 9.53 Å². The zero-order chi connectivity index (χ0) is 12.1. The van der Waals surface area contributed by atoms with Crippen LogP contribution >= 0.6 is 0 Å². The molecule has 2 heteroatoms. The van der Waals surface area contributed by atoms with Crippen LogP contribution in [0.15, 0.2) is 36.4 Å². The summed E-state index contributed by atoms with van der Waals surface area (Å²) in [4.78, 5) is 12.1. The van der Waals surface area contributed by atoms with Crippen LogP contribution in [0, 0.1) is 0 Å². The van der Waals surface area contributed by atoms with Crippen LogP contribution in [0.1, 0.15) is 37.2 Å². The molecule has 0 heterocycles. The number of methoxy groups -OCH3 is 1. The number of Topliss-reactive ketones (excluding diaryl/α,β-unsaturated/α-hetero) is 1. The Balaban J connectivity index is 2.17. The van der Waals surface area contributed by atoms with Crippen molar-refractivity contribution in [3.05, 3.63) is 42.0 Å². The molecule has 17 heavy (non-hydrogen) atoms. The third-order valence-corrected chi connectivity index (χ3v) is 3.25. The first-order valence-electron chi connectivity index (χ1n) is 6.13. The van der Waals surface area contributed by atoms with Gasteiger partial charge in [-0.2, -0.15) is 0 Å². The van der Waals surface area contributed by atoms with Crippen LogP contribution in [0.5, 0.6) is 5.75 Å². The maximum atomic E-state index is 12.1. The molecule has 0 bridgehead atoms. The summed E-state index contributed by atoms with van der Waals surface area (Å²) in [6, 6.07) is 7.87. The second kappa shape index (κ2) is 5.67. The van der Waals surface area contributed by atoms with Crippen LogP contribution in [0.25, 0.3) is 0 Å². The lowest BCUT2D eigenvalue weighted by Gasteiger charge is -2.17. The molecule has 0 saturated heterocycles. The summed E-state index contributed by atoms with van der Waals surface area (Å²) in [5, 5.41) is 0. The molecule has 90 valence electrons. The van der Waals surface area contributed by atoms with Gasteiger partial charge in [-0.1, -0.05) is 24.3 Å². The van der Waals surface area contributed by atoms with Crippen molar-refractivity contribution in [2.24, 2.45) is 0 Å². The van der Waals surface area contributed by atoms with E-state index in [0.717, 1.165) is 30.6 Å². The predicted octanol–water partition coefficient (Wildman–Crippen LogP) is 3.48. The summed E-state index contributed by atoms with van der Waals surface area (Å²) in [6.07, 6.45) is 7.74. The number of benzene rings is 1. The van der Waals surface area contributed by atoms with Crippen molar-refractivity contribution in [3.8, 4) is 5.75 Å². The molecule has 0 fully saturated rings. The Bertz CT molecular complexity index is 403. The molecule has 2 rings (SSSR count). The van der Waals surface area contributed by atoms with Gasteiger partial charge in [0, 0.05) is 12.3 Å². The Hall–Kier alpha value is -1.57. The minimum Gasteiger partial charge on any atom is -0.497 e. The standard InChI is InChI=1S/C15H18O2/c1-17-13-10-8-12(9-11-13)14-6-4-2-3-5-7-15(14)16/h2-3,8-11,14H,4-7H2,1H3. The summed E-state index contributed by atoms with van der Waals surface area (Å²) in [5.74, 6) is 1.26. The number of rotatable bonds is 2. The van der Waals surface area contributed by atoms with Crippen LogP contribution in [-0.4, -0.2) is 12.9 Å². The fourth-order valence-electron chi connectivity index (χ4n) is 2.25. The summed E-state index contributed by atoms with van der Waals surface area (Å²) in [5.41, 5.74) is 1.12. The Kier molecular flexibility index (Phi) is 3.97. The third kappa shape index (κ3) is 2.96. The average molecular weight is 230 g/mol.